The fraction of sp³-hybridized carbons (Fsp3) is 0.467. The van der Waals surface area contributed by atoms with Crippen molar-refractivity contribution < 1.29 is 19.4 Å². The molecule has 108 valence electrons. The normalized spacial score (nSPS) is 21.1. The van der Waals surface area contributed by atoms with E-state index in [-0.39, 0.29) is 11.8 Å². The maximum Gasteiger partial charge on any atom is 0.412 e. The first-order valence-electron chi connectivity index (χ1n) is 6.59. The van der Waals surface area contributed by atoms with Crippen molar-refractivity contribution in [1.29, 1.82) is 0 Å². The zero-order valence-corrected chi connectivity index (χ0v) is 11.8. The summed E-state index contributed by atoms with van der Waals surface area (Å²) in [4.78, 5) is 22.4. The number of ether oxygens (including phenoxy) is 1. The molecule has 0 aromatic heterocycles. The van der Waals surface area contributed by atoms with E-state index in [1.54, 1.807) is 32.9 Å². The second-order valence-corrected chi connectivity index (χ2v) is 6.04. The Morgan fingerprint density at radius 3 is 2.30 bits per heavy atom. The van der Waals surface area contributed by atoms with Gasteiger partial charge in [-0.1, -0.05) is 12.1 Å². The van der Waals surface area contributed by atoms with Crippen LogP contribution < -0.4 is 5.32 Å². The number of carboxylic acids is 1. The van der Waals surface area contributed by atoms with Crippen molar-refractivity contribution in [3.63, 3.8) is 0 Å². The summed E-state index contributed by atoms with van der Waals surface area (Å²) in [5.74, 6) is -0.909. The smallest absolute Gasteiger partial charge is 0.412 e. The van der Waals surface area contributed by atoms with Crippen LogP contribution in [0.4, 0.5) is 10.5 Å². The first kappa shape index (κ1) is 14.4. The van der Waals surface area contributed by atoms with Crippen LogP contribution in [0.2, 0.25) is 0 Å². The molecule has 5 nitrogen and oxygen atoms in total. The summed E-state index contributed by atoms with van der Waals surface area (Å²) in [6, 6.07) is 7.22. The minimum Gasteiger partial charge on any atom is -0.481 e. The second-order valence-electron chi connectivity index (χ2n) is 6.04. The first-order chi connectivity index (χ1) is 9.26. The topological polar surface area (TPSA) is 75.6 Å². The van der Waals surface area contributed by atoms with E-state index in [4.69, 9.17) is 9.84 Å². The van der Waals surface area contributed by atoms with Crippen molar-refractivity contribution in [3.05, 3.63) is 29.8 Å². The van der Waals surface area contributed by atoms with Gasteiger partial charge in [-0.3, -0.25) is 10.1 Å². The average Bonchev–Trinajstić information content (AvgIpc) is 3.07. The monoisotopic (exact) mass is 277 g/mol. The molecule has 1 aliphatic carbocycles. The molecular weight excluding hydrogens is 258 g/mol. The number of aliphatic carboxylic acids is 1. The summed E-state index contributed by atoms with van der Waals surface area (Å²) in [7, 11) is 0. The Morgan fingerprint density at radius 1 is 1.25 bits per heavy atom. The molecule has 0 radical (unpaired) electrons. The summed E-state index contributed by atoms with van der Waals surface area (Å²) < 4.78 is 5.15. The maximum absolute atomic E-state index is 11.6. The van der Waals surface area contributed by atoms with Crippen molar-refractivity contribution >= 4 is 17.7 Å². The van der Waals surface area contributed by atoms with Gasteiger partial charge >= 0.3 is 12.1 Å². The molecule has 0 bridgehead atoms. The predicted octanol–water partition coefficient (Wildman–Crippen LogP) is 3.22. The van der Waals surface area contributed by atoms with Crippen LogP contribution in [0.1, 0.15) is 38.7 Å². The summed E-state index contributed by atoms with van der Waals surface area (Å²) in [5, 5.41) is 11.5. The Balaban J connectivity index is 1.93. The van der Waals surface area contributed by atoms with Crippen LogP contribution in [0.15, 0.2) is 24.3 Å². The molecule has 1 saturated carbocycles. The molecule has 2 N–H and O–H groups in total. The minimum atomic E-state index is -0.744. The number of hydrogen-bond donors (Lipinski definition) is 2. The molecule has 0 aliphatic heterocycles. The van der Waals surface area contributed by atoms with Crippen molar-refractivity contribution in [2.45, 2.75) is 38.7 Å². The molecule has 1 aromatic rings. The van der Waals surface area contributed by atoms with Crippen LogP contribution in [0.5, 0.6) is 0 Å². The summed E-state index contributed by atoms with van der Waals surface area (Å²) in [5.41, 5.74) is 1.09. The average molecular weight is 277 g/mol. The highest BCUT2D eigenvalue weighted by molar-refractivity contribution is 5.85. The molecule has 2 atom stereocenters. The quantitative estimate of drug-likeness (QED) is 0.889. The maximum atomic E-state index is 11.6. The highest BCUT2D eigenvalue weighted by Gasteiger charge is 2.43. The number of amides is 1. The molecule has 1 fully saturated rings. The van der Waals surface area contributed by atoms with Crippen LogP contribution >= 0.6 is 0 Å². The van der Waals surface area contributed by atoms with Crippen molar-refractivity contribution in [3.8, 4) is 0 Å². The number of nitrogens with one attached hydrogen (secondary N) is 1. The van der Waals surface area contributed by atoms with E-state index in [1.165, 1.54) is 0 Å². The van der Waals surface area contributed by atoms with Gasteiger partial charge in [-0.2, -0.15) is 0 Å². The van der Waals surface area contributed by atoms with Gasteiger partial charge in [0.1, 0.15) is 5.60 Å². The number of rotatable bonds is 3. The number of carbonyl (C=O) groups is 2. The Bertz CT molecular complexity index is 516. The van der Waals surface area contributed by atoms with Gasteiger partial charge in [0.05, 0.1) is 5.92 Å². The molecule has 1 amide bonds. The zero-order chi connectivity index (χ0) is 14.9. The minimum absolute atomic E-state index is 0.100. The second kappa shape index (κ2) is 5.15. The number of hydrogen-bond acceptors (Lipinski definition) is 3. The van der Waals surface area contributed by atoms with Crippen molar-refractivity contribution in [2.24, 2.45) is 5.92 Å². The van der Waals surface area contributed by atoms with Crippen LogP contribution in [0, 0.1) is 5.92 Å². The predicted molar refractivity (Wildman–Crippen MR) is 74.8 cm³/mol. The molecule has 0 spiro atoms. The largest absolute Gasteiger partial charge is 0.481 e. The zero-order valence-electron chi connectivity index (χ0n) is 11.8. The van der Waals surface area contributed by atoms with E-state index in [1.807, 2.05) is 12.1 Å². The Labute approximate surface area is 117 Å². The third-order valence-corrected chi connectivity index (χ3v) is 3.09. The van der Waals surface area contributed by atoms with E-state index in [0.717, 1.165) is 5.56 Å². The molecule has 0 saturated heterocycles. The molecule has 1 aliphatic rings. The van der Waals surface area contributed by atoms with E-state index < -0.39 is 17.7 Å². The van der Waals surface area contributed by atoms with E-state index in [2.05, 4.69) is 5.32 Å². The third kappa shape index (κ3) is 3.73. The molecule has 1 aromatic carbocycles. The summed E-state index contributed by atoms with van der Waals surface area (Å²) in [6.07, 6.45) is 0.189. The lowest BCUT2D eigenvalue weighted by molar-refractivity contribution is -0.138. The van der Waals surface area contributed by atoms with Gasteiger partial charge in [0.2, 0.25) is 0 Å². The van der Waals surface area contributed by atoms with Crippen molar-refractivity contribution in [2.75, 3.05) is 5.32 Å². The van der Waals surface area contributed by atoms with Gasteiger partial charge < -0.3 is 9.84 Å². The van der Waals surface area contributed by atoms with E-state index in [0.29, 0.717) is 12.1 Å². The molecular formula is C15H19NO4. The standard InChI is InChI=1S/C15H19NO4/c1-15(2,3)20-14(19)16-10-6-4-9(5-7-10)11-8-12(11)13(17)18/h4-7,11-12H,8H2,1-3H3,(H,16,19)(H,17,18)/t11-,12+/m1/s1. The van der Waals surface area contributed by atoms with Gasteiger partial charge in [-0.15, -0.1) is 0 Å². The summed E-state index contributed by atoms with van der Waals surface area (Å²) in [6.45, 7) is 5.40. The van der Waals surface area contributed by atoms with Gasteiger partial charge in [0, 0.05) is 5.69 Å². The third-order valence-electron chi connectivity index (χ3n) is 3.09. The van der Waals surface area contributed by atoms with Crippen LogP contribution in [-0.4, -0.2) is 22.8 Å². The van der Waals surface area contributed by atoms with Gasteiger partial charge in [-0.25, -0.2) is 4.79 Å². The van der Waals surface area contributed by atoms with Gasteiger partial charge in [0.15, 0.2) is 0 Å². The van der Waals surface area contributed by atoms with Gasteiger partial charge in [0.25, 0.3) is 0 Å². The molecule has 0 heterocycles. The van der Waals surface area contributed by atoms with Crippen molar-refractivity contribution in [1.82, 2.24) is 0 Å². The molecule has 2 rings (SSSR count). The lowest BCUT2D eigenvalue weighted by Gasteiger charge is -2.19. The summed E-state index contributed by atoms with van der Waals surface area (Å²) >= 11 is 0. The Kier molecular flexibility index (Phi) is 3.70. The van der Waals surface area contributed by atoms with Crippen LogP contribution in [0.25, 0.3) is 0 Å². The fourth-order valence-corrected chi connectivity index (χ4v) is 2.07. The highest BCUT2D eigenvalue weighted by atomic mass is 16.6. The Morgan fingerprint density at radius 2 is 1.85 bits per heavy atom. The Hall–Kier alpha value is -2.04. The molecule has 0 unspecified atom stereocenters. The van der Waals surface area contributed by atoms with E-state index >= 15 is 0 Å². The van der Waals surface area contributed by atoms with E-state index in [9.17, 15) is 9.59 Å². The lowest BCUT2D eigenvalue weighted by atomic mass is 10.1. The van der Waals surface area contributed by atoms with Crippen LogP contribution in [0.3, 0.4) is 0 Å². The number of carbonyl (C=O) groups excluding carboxylic acids is 1. The van der Waals surface area contributed by atoms with Crippen LogP contribution in [-0.2, 0) is 9.53 Å². The fourth-order valence-electron chi connectivity index (χ4n) is 2.07. The lowest BCUT2D eigenvalue weighted by Crippen LogP contribution is -2.27. The number of carboxylic acid groups (broad SMARTS) is 1. The first-order valence-corrected chi connectivity index (χ1v) is 6.59. The molecule has 20 heavy (non-hydrogen) atoms. The van der Waals surface area contributed by atoms with Gasteiger partial charge in [-0.05, 0) is 50.8 Å². The number of benzene rings is 1. The highest BCUT2D eigenvalue weighted by Crippen LogP contribution is 2.47. The number of anilines is 1. The molecule has 5 heteroatoms. The SMILES string of the molecule is CC(C)(C)OC(=O)Nc1ccc([C@H]2C[C@@H]2C(=O)O)cc1.